The van der Waals surface area contributed by atoms with Crippen molar-refractivity contribution in [2.45, 2.75) is 37.2 Å². The molecular formula is C16H16ClF3N2O3S2. The molecule has 0 aliphatic carbocycles. The van der Waals surface area contributed by atoms with E-state index in [4.69, 9.17) is 11.6 Å². The lowest BCUT2D eigenvalue weighted by Gasteiger charge is -2.25. The van der Waals surface area contributed by atoms with Crippen LogP contribution in [0.4, 0.5) is 18.9 Å². The molecule has 2 saturated heterocycles. The third-order valence-electron chi connectivity index (χ3n) is 4.28. The zero-order chi connectivity index (χ0) is 20.0. The summed E-state index contributed by atoms with van der Waals surface area (Å²) in [4.78, 5) is 17.4. The Labute approximate surface area is 163 Å². The summed E-state index contributed by atoms with van der Waals surface area (Å²) < 4.78 is 63.6. The summed E-state index contributed by atoms with van der Waals surface area (Å²) in [5.41, 5.74) is -0.901. The molecule has 27 heavy (non-hydrogen) atoms. The lowest BCUT2D eigenvalue weighted by Crippen LogP contribution is -2.37. The van der Waals surface area contributed by atoms with Crippen LogP contribution >= 0.6 is 23.4 Å². The molecule has 2 fully saturated rings. The first-order valence-corrected chi connectivity index (χ1v) is 11.2. The van der Waals surface area contributed by atoms with Crippen LogP contribution in [0.1, 0.15) is 25.3 Å². The second-order valence-corrected chi connectivity index (χ2v) is 10.1. The minimum absolute atomic E-state index is 0.0977. The monoisotopic (exact) mass is 440 g/mol. The minimum atomic E-state index is -4.66. The number of benzene rings is 1. The van der Waals surface area contributed by atoms with E-state index in [0.717, 1.165) is 23.9 Å². The van der Waals surface area contributed by atoms with Crippen LogP contribution in [0.3, 0.4) is 0 Å². The molecule has 0 bridgehead atoms. The number of rotatable bonds is 3. The van der Waals surface area contributed by atoms with Gasteiger partial charge in [-0.1, -0.05) is 30.3 Å². The van der Waals surface area contributed by atoms with Crippen molar-refractivity contribution in [1.82, 2.24) is 0 Å². The molecule has 0 radical (unpaired) electrons. The molecule has 2 atom stereocenters. The third kappa shape index (κ3) is 4.27. The Balaban J connectivity index is 2.06. The molecule has 2 aliphatic rings. The van der Waals surface area contributed by atoms with E-state index in [1.165, 1.54) is 11.0 Å². The second kappa shape index (κ2) is 7.29. The number of fused-ring (bicyclic) bond motifs is 1. The van der Waals surface area contributed by atoms with Gasteiger partial charge in [0, 0.05) is 17.4 Å². The van der Waals surface area contributed by atoms with Gasteiger partial charge in [-0.2, -0.15) is 18.2 Å². The summed E-state index contributed by atoms with van der Waals surface area (Å²) in [7, 11) is -3.31. The molecule has 0 spiro atoms. The first-order valence-electron chi connectivity index (χ1n) is 8.16. The van der Waals surface area contributed by atoms with Crippen LogP contribution in [0.5, 0.6) is 0 Å². The normalized spacial score (nSPS) is 25.8. The molecule has 1 aromatic rings. The number of hydrogen-bond donors (Lipinski definition) is 0. The number of nitrogens with zero attached hydrogens (tertiary/aromatic N) is 2. The van der Waals surface area contributed by atoms with E-state index in [9.17, 15) is 26.4 Å². The van der Waals surface area contributed by atoms with Crippen molar-refractivity contribution in [1.29, 1.82) is 0 Å². The Bertz CT molecular complexity index is 903. The van der Waals surface area contributed by atoms with Crippen LogP contribution in [0.2, 0.25) is 5.02 Å². The Morgan fingerprint density at radius 2 is 2.07 bits per heavy atom. The summed E-state index contributed by atoms with van der Waals surface area (Å²) in [5.74, 6) is -0.687. The van der Waals surface area contributed by atoms with Gasteiger partial charge in [-0.15, -0.1) is 0 Å². The molecule has 2 aliphatic heterocycles. The van der Waals surface area contributed by atoms with Crippen LogP contribution in [0.15, 0.2) is 23.2 Å². The van der Waals surface area contributed by atoms with E-state index in [-0.39, 0.29) is 34.0 Å². The van der Waals surface area contributed by atoms with Crippen molar-refractivity contribution < 1.29 is 26.4 Å². The van der Waals surface area contributed by atoms with Crippen molar-refractivity contribution >= 4 is 50.0 Å². The quantitative estimate of drug-likeness (QED) is 0.716. The highest BCUT2D eigenvalue weighted by Crippen LogP contribution is 2.43. The fraction of sp³-hybridized carbons (Fsp3) is 0.500. The van der Waals surface area contributed by atoms with E-state index in [1.54, 1.807) is 0 Å². The van der Waals surface area contributed by atoms with Gasteiger partial charge in [0.15, 0.2) is 15.0 Å². The molecule has 0 unspecified atom stereocenters. The summed E-state index contributed by atoms with van der Waals surface area (Å²) in [6.45, 7) is 1.81. The predicted octanol–water partition coefficient (Wildman–Crippen LogP) is 3.76. The second-order valence-electron chi connectivity index (χ2n) is 6.37. The predicted molar refractivity (Wildman–Crippen MR) is 100 cm³/mol. The lowest BCUT2D eigenvalue weighted by molar-refractivity contribution is -0.137. The summed E-state index contributed by atoms with van der Waals surface area (Å²) >= 11 is 6.80. The number of halogens is 4. The summed E-state index contributed by atoms with van der Waals surface area (Å²) in [6, 6.07) is 2.80. The SMILES string of the molecule is CCCC(=O)N=C1S[C@H]2CS(=O)(=O)C[C@@H]2N1c1ccc(Cl)c(C(F)(F)F)c1. The maximum Gasteiger partial charge on any atom is 0.417 e. The molecule has 2 heterocycles. The van der Waals surface area contributed by atoms with Gasteiger partial charge in [0.2, 0.25) is 5.91 Å². The molecule has 11 heteroatoms. The first kappa shape index (κ1) is 20.5. The number of hydrogen-bond acceptors (Lipinski definition) is 4. The largest absolute Gasteiger partial charge is 0.417 e. The minimum Gasteiger partial charge on any atom is -0.316 e. The van der Waals surface area contributed by atoms with Crippen molar-refractivity contribution in [2.75, 3.05) is 16.4 Å². The van der Waals surface area contributed by atoms with Gasteiger partial charge >= 0.3 is 6.18 Å². The number of carbonyl (C=O) groups is 1. The van der Waals surface area contributed by atoms with E-state index >= 15 is 0 Å². The van der Waals surface area contributed by atoms with Crippen molar-refractivity contribution in [3.63, 3.8) is 0 Å². The van der Waals surface area contributed by atoms with Gasteiger partial charge in [0.25, 0.3) is 0 Å². The summed E-state index contributed by atoms with van der Waals surface area (Å²) in [6.07, 6.45) is -3.86. The molecule has 5 nitrogen and oxygen atoms in total. The van der Waals surface area contributed by atoms with E-state index in [2.05, 4.69) is 4.99 Å². The highest BCUT2D eigenvalue weighted by molar-refractivity contribution is 8.16. The fourth-order valence-electron chi connectivity index (χ4n) is 3.12. The zero-order valence-electron chi connectivity index (χ0n) is 14.2. The molecule has 3 rings (SSSR count). The Morgan fingerprint density at radius 3 is 2.70 bits per heavy atom. The van der Waals surface area contributed by atoms with Crippen LogP contribution in [0, 0.1) is 0 Å². The van der Waals surface area contributed by atoms with E-state index in [0.29, 0.717) is 6.42 Å². The molecular weight excluding hydrogens is 425 g/mol. The molecule has 1 aromatic carbocycles. The van der Waals surface area contributed by atoms with Crippen LogP contribution in [0.25, 0.3) is 0 Å². The van der Waals surface area contributed by atoms with Crippen LogP contribution in [-0.2, 0) is 20.8 Å². The van der Waals surface area contributed by atoms with Gasteiger partial charge in [0.1, 0.15) is 0 Å². The fourth-order valence-corrected chi connectivity index (χ4v) is 7.28. The van der Waals surface area contributed by atoms with Crippen LogP contribution < -0.4 is 4.90 Å². The smallest absolute Gasteiger partial charge is 0.316 e. The van der Waals surface area contributed by atoms with E-state index in [1.807, 2.05) is 6.92 Å². The molecule has 0 saturated carbocycles. The highest BCUT2D eigenvalue weighted by atomic mass is 35.5. The van der Waals surface area contributed by atoms with Crippen molar-refractivity contribution in [3.05, 3.63) is 28.8 Å². The number of carbonyl (C=O) groups excluding carboxylic acids is 1. The number of aliphatic imine (C=N–C) groups is 1. The maximum absolute atomic E-state index is 13.2. The topological polar surface area (TPSA) is 66.8 Å². The Kier molecular flexibility index (Phi) is 5.53. The van der Waals surface area contributed by atoms with Gasteiger partial charge in [-0.05, 0) is 24.6 Å². The van der Waals surface area contributed by atoms with Gasteiger partial charge in [-0.3, -0.25) is 4.79 Å². The number of sulfone groups is 1. The van der Waals surface area contributed by atoms with Crippen LogP contribution in [-0.4, -0.2) is 42.3 Å². The Hall–Kier alpha value is -1.26. The summed E-state index contributed by atoms with van der Waals surface area (Å²) in [5, 5.41) is -0.601. The third-order valence-corrected chi connectivity index (χ3v) is 7.82. The number of alkyl halides is 3. The van der Waals surface area contributed by atoms with Gasteiger partial charge in [-0.25, -0.2) is 8.42 Å². The number of amidine groups is 1. The highest BCUT2D eigenvalue weighted by Gasteiger charge is 2.49. The number of thioether (sulfide) groups is 1. The Morgan fingerprint density at radius 1 is 1.37 bits per heavy atom. The number of amides is 1. The lowest BCUT2D eigenvalue weighted by atomic mass is 10.1. The van der Waals surface area contributed by atoms with Crippen molar-refractivity contribution in [3.8, 4) is 0 Å². The molecule has 148 valence electrons. The number of anilines is 1. The standard InChI is InChI=1S/C16H16ClF3N2O3S2/c1-2-3-14(23)21-15-22(12-7-27(24,25)8-13(12)26-15)9-4-5-11(17)10(6-9)16(18,19)20/h4-6,12-13H,2-3,7-8H2,1H3/t12-,13-/m0/s1. The molecule has 1 amide bonds. The molecule has 0 aromatic heterocycles. The zero-order valence-corrected chi connectivity index (χ0v) is 16.6. The average molecular weight is 441 g/mol. The van der Waals surface area contributed by atoms with Crippen molar-refractivity contribution in [2.24, 2.45) is 4.99 Å². The molecule has 0 N–H and O–H groups in total. The van der Waals surface area contributed by atoms with E-state index < -0.39 is 38.5 Å². The van der Waals surface area contributed by atoms with Gasteiger partial charge in [0.05, 0.1) is 28.1 Å². The maximum atomic E-state index is 13.2. The van der Waals surface area contributed by atoms with Gasteiger partial charge < -0.3 is 4.90 Å². The average Bonchev–Trinajstić information content (AvgIpc) is 2.98. The first-order chi connectivity index (χ1) is 12.5.